The average Bonchev–Trinajstić information content (AvgIpc) is 2.79. The van der Waals surface area contributed by atoms with Crippen LogP contribution in [0.3, 0.4) is 0 Å². The number of nitrogens with one attached hydrogen (secondary N) is 2. The van der Waals surface area contributed by atoms with E-state index in [9.17, 15) is 0 Å². The highest BCUT2D eigenvalue weighted by atomic mass is 16.3. The number of nitrogens with zero attached hydrogens (tertiary/aromatic N) is 2. The molecule has 0 aliphatic rings. The monoisotopic (exact) mass is 204 g/mol. The summed E-state index contributed by atoms with van der Waals surface area (Å²) in [5.41, 5.74) is 1.08. The van der Waals surface area contributed by atoms with E-state index in [0.29, 0.717) is 12.5 Å². The topological polar surface area (TPSA) is 63.0 Å². The number of rotatable bonds is 4. The van der Waals surface area contributed by atoms with E-state index in [0.717, 1.165) is 11.4 Å². The summed E-state index contributed by atoms with van der Waals surface area (Å²) >= 11 is 0. The van der Waals surface area contributed by atoms with Gasteiger partial charge >= 0.3 is 0 Å². The van der Waals surface area contributed by atoms with Gasteiger partial charge in [-0.15, -0.1) is 0 Å². The second-order valence-corrected chi connectivity index (χ2v) is 3.00. The third-order valence-electron chi connectivity index (χ3n) is 1.93. The number of hydrogen-bond donors (Lipinski definition) is 2. The van der Waals surface area contributed by atoms with Gasteiger partial charge in [0.25, 0.3) is 0 Å². The zero-order valence-electron chi connectivity index (χ0n) is 8.40. The minimum absolute atomic E-state index is 0.604. The average molecular weight is 204 g/mol. The Morgan fingerprint density at radius 2 is 2.33 bits per heavy atom. The van der Waals surface area contributed by atoms with Crippen molar-refractivity contribution in [2.24, 2.45) is 0 Å². The first kappa shape index (κ1) is 9.51. The molecule has 0 aromatic carbocycles. The first-order valence-corrected chi connectivity index (χ1v) is 4.64. The number of aromatic nitrogens is 2. The van der Waals surface area contributed by atoms with Gasteiger partial charge in [0.1, 0.15) is 5.82 Å². The molecule has 0 spiro atoms. The van der Waals surface area contributed by atoms with Gasteiger partial charge in [0.05, 0.1) is 12.5 Å². The fraction of sp³-hybridized carbons (Fsp3) is 0.200. The van der Waals surface area contributed by atoms with Gasteiger partial charge in [0.2, 0.25) is 5.95 Å². The molecule has 0 fully saturated rings. The molecule has 2 aromatic heterocycles. The normalized spacial score (nSPS) is 9.93. The van der Waals surface area contributed by atoms with Crippen LogP contribution in [0.25, 0.3) is 0 Å². The summed E-state index contributed by atoms with van der Waals surface area (Å²) < 4.78 is 4.96. The van der Waals surface area contributed by atoms with Crippen molar-refractivity contribution >= 4 is 11.8 Å². The summed E-state index contributed by atoms with van der Waals surface area (Å²) in [4.78, 5) is 8.25. The maximum absolute atomic E-state index is 4.96. The number of furan rings is 1. The third kappa shape index (κ3) is 2.46. The highest BCUT2D eigenvalue weighted by molar-refractivity contribution is 5.39. The summed E-state index contributed by atoms with van der Waals surface area (Å²) in [6.07, 6.45) is 5.06. The lowest BCUT2D eigenvalue weighted by Crippen LogP contribution is -2.03. The predicted molar refractivity (Wildman–Crippen MR) is 57.6 cm³/mol. The van der Waals surface area contributed by atoms with E-state index in [1.165, 1.54) is 0 Å². The molecule has 0 saturated carbocycles. The lowest BCUT2D eigenvalue weighted by atomic mass is 10.3. The second kappa shape index (κ2) is 4.45. The lowest BCUT2D eigenvalue weighted by molar-refractivity contribution is 0.564. The standard InChI is InChI=1S/C10H12N4O/c1-11-10-12-4-2-9(14-10)13-6-8-3-5-15-7-8/h2-5,7H,6H2,1H3,(H2,11,12,13,14). The van der Waals surface area contributed by atoms with Gasteiger partial charge in [-0.25, -0.2) is 4.98 Å². The lowest BCUT2D eigenvalue weighted by Gasteiger charge is -2.04. The molecule has 0 radical (unpaired) electrons. The minimum Gasteiger partial charge on any atom is -0.472 e. The highest BCUT2D eigenvalue weighted by Gasteiger charge is 1.97. The fourth-order valence-electron chi connectivity index (χ4n) is 1.16. The molecule has 0 aliphatic heterocycles. The maximum atomic E-state index is 4.96. The third-order valence-corrected chi connectivity index (χ3v) is 1.93. The van der Waals surface area contributed by atoms with Gasteiger partial charge in [0.15, 0.2) is 0 Å². The molecule has 0 atom stereocenters. The van der Waals surface area contributed by atoms with E-state index in [-0.39, 0.29) is 0 Å². The molecule has 5 heteroatoms. The van der Waals surface area contributed by atoms with Crippen LogP contribution in [0.2, 0.25) is 0 Å². The van der Waals surface area contributed by atoms with Crippen LogP contribution in [0.5, 0.6) is 0 Å². The number of anilines is 2. The molecule has 0 bridgehead atoms. The first-order chi connectivity index (χ1) is 7.38. The zero-order chi connectivity index (χ0) is 10.5. The zero-order valence-corrected chi connectivity index (χ0v) is 8.40. The molecule has 2 N–H and O–H groups in total. The van der Waals surface area contributed by atoms with Crippen LogP contribution in [0.15, 0.2) is 35.3 Å². The number of hydrogen-bond acceptors (Lipinski definition) is 5. The highest BCUT2D eigenvalue weighted by Crippen LogP contribution is 2.07. The molecule has 2 heterocycles. The van der Waals surface area contributed by atoms with Gasteiger partial charge in [-0.1, -0.05) is 0 Å². The molecular weight excluding hydrogens is 192 g/mol. The van der Waals surface area contributed by atoms with Crippen LogP contribution in [0, 0.1) is 0 Å². The Balaban J connectivity index is 1.98. The van der Waals surface area contributed by atoms with E-state index in [1.54, 1.807) is 25.8 Å². The van der Waals surface area contributed by atoms with Crippen molar-refractivity contribution < 1.29 is 4.42 Å². The van der Waals surface area contributed by atoms with Gasteiger partial charge in [-0.05, 0) is 12.1 Å². The first-order valence-electron chi connectivity index (χ1n) is 4.64. The summed E-state index contributed by atoms with van der Waals surface area (Å²) in [5, 5.41) is 6.05. The van der Waals surface area contributed by atoms with Crippen molar-refractivity contribution in [2.45, 2.75) is 6.54 Å². The summed E-state index contributed by atoms with van der Waals surface area (Å²) in [6, 6.07) is 3.73. The molecule has 0 amide bonds. The Bertz CT molecular complexity index is 413. The molecule has 5 nitrogen and oxygen atoms in total. The Morgan fingerprint density at radius 1 is 1.40 bits per heavy atom. The van der Waals surface area contributed by atoms with Crippen LogP contribution < -0.4 is 10.6 Å². The Morgan fingerprint density at radius 3 is 3.07 bits per heavy atom. The van der Waals surface area contributed by atoms with Crippen LogP contribution in [0.1, 0.15) is 5.56 Å². The van der Waals surface area contributed by atoms with Gasteiger partial charge in [-0.3, -0.25) is 0 Å². The largest absolute Gasteiger partial charge is 0.472 e. The van der Waals surface area contributed by atoms with E-state index < -0.39 is 0 Å². The van der Waals surface area contributed by atoms with Gasteiger partial charge < -0.3 is 15.1 Å². The van der Waals surface area contributed by atoms with E-state index in [1.807, 2.05) is 12.1 Å². The van der Waals surface area contributed by atoms with Crippen molar-refractivity contribution in [1.82, 2.24) is 9.97 Å². The maximum Gasteiger partial charge on any atom is 0.224 e. The van der Waals surface area contributed by atoms with Crippen molar-refractivity contribution in [3.8, 4) is 0 Å². The van der Waals surface area contributed by atoms with E-state index in [2.05, 4.69) is 20.6 Å². The predicted octanol–water partition coefficient (Wildman–Crippen LogP) is 1.72. The summed E-state index contributed by atoms with van der Waals surface area (Å²) in [7, 11) is 1.79. The van der Waals surface area contributed by atoms with Crippen LogP contribution in [-0.4, -0.2) is 17.0 Å². The van der Waals surface area contributed by atoms with Crippen molar-refractivity contribution in [2.75, 3.05) is 17.7 Å². The van der Waals surface area contributed by atoms with Gasteiger partial charge in [-0.2, -0.15) is 4.98 Å². The molecule has 0 aliphatic carbocycles. The summed E-state index contributed by atoms with van der Waals surface area (Å²) in [5.74, 6) is 1.39. The van der Waals surface area contributed by atoms with E-state index >= 15 is 0 Å². The minimum atomic E-state index is 0.604. The molecule has 2 rings (SSSR count). The van der Waals surface area contributed by atoms with Crippen molar-refractivity contribution in [3.63, 3.8) is 0 Å². The van der Waals surface area contributed by atoms with Crippen LogP contribution in [-0.2, 0) is 6.54 Å². The van der Waals surface area contributed by atoms with Gasteiger partial charge in [0, 0.05) is 25.4 Å². The Hall–Kier alpha value is -2.04. The molecule has 0 saturated heterocycles. The second-order valence-electron chi connectivity index (χ2n) is 3.00. The summed E-state index contributed by atoms with van der Waals surface area (Å²) in [6.45, 7) is 0.691. The smallest absolute Gasteiger partial charge is 0.224 e. The molecule has 15 heavy (non-hydrogen) atoms. The Kier molecular flexibility index (Phi) is 2.82. The van der Waals surface area contributed by atoms with Crippen LogP contribution in [0.4, 0.5) is 11.8 Å². The molecule has 78 valence electrons. The molecule has 0 unspecified atom stereocenters. The molecule has 2 aromatic rings. The van der Waals surface area contributed by atoms with Crippen molar-refractivity contribution in [1.29, 1.82) is 0 Å². The van der Waals surface area contributed by atoms with Crippen LogP contribution >= 0.6 is 0 Å². The molecular formula is C10H12N4O. The fourth-order valence-corrected chi connectivity index (χ4v) is 1.16. The quantitative estimate of drug-likeness (QED) is 0.794. The van der Waals surface area contributed by atoms with E-state index in [4.69, 9.17) is 4.42 Å². The SMILES string of the molecule is CNc1nccc(NCc2ccoc2)n1. The van der Waals surface area contributed by atoms with Crippen molar-refractivity contribution in [3.05, 3.63) is 36.4 Å². The Labute approximate surface area is 87.6 Å².